The van der Waals surface area contributed by atoms with Crippen molar-refractivity contribution < 1.29 is 22.6 Å². The van der Waals surface area contributed by atoms with Gasteiger partial charge >= 0.3 is 6.36 Å². The zero-order valence-electron chi connectivity index (χ0n) is 10.7. The van der Waals surface area contributed by atoms with E-state index in [1.54, 1.807) is 18.2 Å². The van der Waals surface area contributed by atoms with E-state index in [0.717, 1.165) is 0 Å². The lowest BCUT2D eigenvalue weighted by Gasteiger charge is -2.12. The minimum absolute atomic E-state index is 0.180. The highest BCUT2D eigenvalue weighted by Crippen LogP contribution is 2.31. The molecular weight excluding hydrogens is 351 g/mol. The third kappa shape index (κ3) is 4.56. The second-order valence-electron chi connectivity index (χ2n) is 4.14. The number of ether oxygens (including phenoxy) is 2. The highest BCUT2D eigenvalue weighted by atomic mass is 79.9. The number of hydrogen-bond acceptors (Lipinski definition) is 3. The Bertz CT molecular complexity index is 594. The van der Waals surface area contributed by atoms with Crippen LogP contribution in [0.2, 0.25) is 0 Å². The summed E-state index contributed by atoms with van der Waals surface area (Å²) < 4.78 is 46.2. The minimum Gasteiger partial charge on any atom is -0.486 e. The molecule has 2 aromatic carbocycles. The van der Waals surface area contributed by atoms with Crippen LogP contribution in [0, 0.1) is 0 Å². The first kappa shape index (κ1) is 15.5. The van der Waals surface area contributed by atoms with Crippen LogP contribution in [0.15, 0.2) is 46.9 Å². The van der Waals surface area contributed by atoms with Crippen LogP contribution in [0.5, 0.6) is 11.5 Å². The first-order valence-electron chi connectivity index (χ1n) is 5.86. The van der Waals surface area contributed by atoms with Crippen LogP contribution in [0.25, 0.3) is 0 Å². The van der Waals surface area contributed by atoms with Crippen LogP contribution >= 0.6 is 15.9 Å². The van der Waals surface area contributed by atoms with Gasteiger partial charge < -0.3 is 15.2 Å². The van der Waals surface area contributed by atoms with Crippen LogP contribution in [-0.4, -0.2) is 6.36 Å². The highest BCUT2D eigenvalue weighted by molar-refractivity contribution is 9.10. The normalized spacial score (nSPS) is 11.2. The molecule has 0 saturated heterocycles. The molecule has 7 heteroatoms. The molecular formula is C14H11BrF3NO2. The monoisotopic (exact) mass is 361 g/mol. The SMILES string of the molecule is Nc1cccc(Br)c1OCc1ccc(OC(F)(F)F)cc1. The average molecular weight is 362 g/mol. The predicted octanol–water partition coefficient (Wildman–Crippen LogP) is 4.51. The number of rotatable bonds is 4. The molecule has 0 amide bonds. The molecule has 0 radical (unpaired) electrons. The Balaban J connectivity index is 2.01. The van der Waals surface area contributed by atoms with Gasteiger partial charge in [0.05, 0.1) is 10.2 Å². The standard InChI is InChI=1S/C14H11BrF3NO2/c15-11-2-1-3-12(19)13(11)20-8-9-4-6-10(7-5-9)21-14(16,17)18/h1-7H,8,19H2. The minimum atomic E-state index is -4.69. The van der Waals surface area contributed by atoms with E-state index in [4.69, 9.17) is 10.5 Å². The number of nitrogens with two attached hydrogens (primary N) is 1. The fourth-order valence-corrected chi connectivity index (χ4v) is 2.12. The molecule has 0 saturated carbocycles. The summed E-state index contributed by atoms with van der Waals surface area (Å²) in [5.41, 5.74) is 6.95. The molecule has 0 aliphatic carbocycles. The third-order valence-electron chi connectivity index (χ3n) is 2.54. The zero-order chi connectivity index (χ0) is 15.5. The maximum atomic E-state index is 12.0. The summed E-state index contributed by atoms with van der Waals surface area (Å²) in [5.74, 6) is 0.222. The number of halogens is 4. The summed E-state index contributed by atoms with van der Waals surface area (Å²) in [6.07, 6.45) is -4.69. The number of benzene rings is 2. The molecule has 3 nitrogen and oxygen atoms in total. The van der Waals surface area contributed by atoms with Crippen molar-refractivity contribution in [1.82, 2.24) is 0 Å². The number of para-hydroxylation sites is 1. The predicted molar refractivity (Wildman–Crippen MR) is 76.0 cm³/mol. The fraction of sp³-hybridized carbons (Fsp3) is 0.143. The number of hydrogen-bond donors (Lipinski definition) is 1. The summed E-state index contributed by atoms with van der Waals surface area (Å²) >= 11 is 3.32. The molecule has 0 heterocycles. The van der Waals surface area contributed by atoms with Gasteiger partial charge in [-0.15, -0.1) is 13.2 Å². The molecule has 0 atom stereocenters. The summed E-state index contributed by atoms with van der Waals surface area (Å²) in [4.78, 5) is 0. The molecule has 0 aromatic heterocycles. The van der Waals surface area contributed by atoms with Crippen LogP contribution in [0.1, 0.15) is 5.56 Å². The van der Waals surface area contributed by atoms with Crippen molar-refractivity contribution in [3.05, 3.63) is 52.5 Å². The van der Waals surface area contributed by atoms with Crippen molar-refractivity contribution in [2.24, 2.45) is 0 Å². The average Bonchev–Trinajstić information content (AvgIpc) is 2.38. The maximum absolute atomic E-state index is 12.0. The van der Waals surface area contributed by atoms with Crippen molar-refractivity contribution in [2.45, 2.75) is 13.0 Å². The van der Waals surface area contributed by atoms with Gasteiger partial charge in [0.2, 0.25) is 0 Å². The molecule has 0 unspecified atom stereocenters. The first-order valence-corrected chi connectivity index (χ1v) is 6.66. The number of anilines is 1. The van der Waals surface area contributed by atoms with E-state index >= 15 is 0 Å². The van der Waals surface area contributed by atoms with Gasteiger partial charge in [0.1, 0.15) is 12.4 Å². The molecule has 2 N–H and O–H groups in total. The number of nitrogen functional groups attached to an aromatic ring is 1. The van der Waals surface area contributed by atoms with Gasteiger partial charge in [-0.25, -0.2) is 0 Å². The van der Waals surface area contributed by atoms with Gasteiger partial charge in [0, 0.05) is 0 Å². The molecule has 0 aliphatic heterocycles. The van der Waals surface area contributed by atoms with Crippen molar-refractivity contribution in [1.29, 1.82) is 0 Å². The fourth-order valence-electron chi connectivity index (χ4n) is 1.62. The van der Waals surface area contributed by atoms with E-state index in [9.17, 15) is 13.2 Å². The van der Waals surface area contributed by atoms with E-state index in [1.165, 1.54) is 24.3 Å². The Kier molecular flexibility index (Phi) is 4.62. The second-order valence-corrected chi connectivity index (χ2v) is 4.99. The van der Waals surface area contributed by atoms with Crippen molar-refractivity contribution in [3.63, 3.8) is 0 Å². The molecule has 0 fully saturated rings. The van der Waals surface area contributed by atoms with Gasteiger partial charge in [0.25, 0.3) is 0 Å². The Morgan fingerprint density at radius 3 is 2.29 bits per heavy atom. The summed E-state index contributed by atoms with van der Waals surface area (Å²) in [5, 5.41) is 0. The molecule has 2 aromatic rings. The van der Waals surface area contributed by atoms with Gasteiger partial charge in [-0.3, -0.25) is 0 Å². The van der Waals surface area contributed by atoms with Crippen molar-refractivity contribution >= 4 is 21.6 Å². The van der Waals surface area contributed by atoms with Gasteiger partial charge in [-0.05, 0) is 45.8 Å². The van der Waals surface area contributed by atoms with Crippen molar-refractivity contribution in [3.8, 4) is 11.5 Å². The first-order chi connectivity index (χ1) is 9.85. The van der Waals surface area contributed by atoms with Crippen LogP contribution in [-0.2, 0) is 6.61 Å². The Morgan fingerprint density at radius 2 is 1.71 bits per heavy atom. The van der Waals surface area contributed by atoms with Gasteiger partial charge in [0.15, 0.2) is 5.75 Å². The Labute approximate surface area is 127 Å². The molecule has 0 bridgehead atoms. The van der Waals surface area contributed by atoms with Crippen LogP contribution in [0.3, 0.4) is 0 Å². The molecule has 0 spiro atoms. The van der Waals surface area contributed by atoms with E-state index < -0.39 is 6.36 Å². The Hall–Kier alpha value is -1.89. The maximum Gasteiger partial charge on any atom is 0.573 e. The summed E-state index contributed by atoms with van der Waals surface area (Å²) in [7, 11) is 0. The van der Waals surface area contributed by atoms with Gasteiger partial charge in [-0.1, -0.05) is 18.2 Å². The lowest BCUT2D eigenvalue weighted by molar-refractivity contribution is -0.274. The summed E-state index contributed by atoms with van der Waals surface area (Å²) in [6.45, 7) is 0.180. The zero-order valence-corrected chi connectivity index (χ0v) is 12.2. The van der Waals surface area contributed by atoms with Crippen molar-refractivity contribution in [2.75, 3.05) is 5.73 Å². The van der Waals surface area contributed by atoms with E-state index in [0.29, 0.717) is 21.5 Å². The second kappa shape index (κ2) is 6.26. The lowest BCUT2D eigenvalue weighted by Crippen LogP contribution is -2.17. The van der Waals surface area contributed by atoms with E-state index in [-0.39, 0.29) is 12.4 Å². The largest absolute Gasteiger partial charge is 0.573 e. The highest BCUT2D eigenvalue weighted by Gasteiger charge is 2.30. The molecule has 2 rings (SSSR count). The summed E-state index contributed by atoms with van der Waals surface area (Å²) in [6, 6.07) is 10.7. The third-order valence-corrected chi connectivity index (χ3v) is 3.16. The van der Waals surface area contributed by atoms with E-state index in [2.05, 4.69) is 20.7 Å². The van der Waals surface area contributed by atoms with Crippen LogP contribution in [0.4, 0.5) is 18.9 Å². The molecule has 21 heavy (non-hydrogen) atoms. The molecule has 0 aliphatic rings. The lowest BCUT2D eigenvalue weighted by atomic mass is 10.2. The Morgan fingerprint density at radius 1 is 1.05 bits per heavy atom. The van der Waals surface area contributed by atoms with E-state index in [1.807, 2.05) is 0 Å². The molecule has 112 valence electrons. The van der Waals surface area contributed by atoms with Crippen LogP contribution < -0.4 is 15.2 Å². The quantitative estimate of drug-likeness (QED) is 0.814. The smallest absolute Gasteiger partial charge is 0.486 e. The number of alkyl halides is 3. The topological polar surface area (TPSA) is 44.5 Å². The van der Waals surface area contributed by atoms with Gasteiger partial charge in [-0.2, -0.15) is 0 Å².